The van der Waals surface area contributed by atoms with E-state index in [1.54, 1.807) is 11.6 Å². The molecule has 0 spiro atoms. The molecule has 0 radical (unpaired) electrons. The third-order valence-electron chi connectivity index (χ3n) is 4.94. The van der Waals surface area contributed by atoms with Gasteiger partial charge in [0.05, 0.1) is 12.5 Å². The fourth-order valence-electron chi connectivity index (χ4n) is 3.46. The van der Waals surface area contributed by atoms with E-state index in [-0.39, 0.29) is 17.5 Å². The van der Waals surface area contributed by atoms with Crippen molar-refractivity contribution in [3.8, 4) is 0 Å². The highest BCUT2D eigenvalue weighted by Gasteiger charge is 2.27. The van der Waals surface area contributed by atoms with Crippen LogP contribution in [0.5, 0.6) is 0 Å². The van der Waals surface area contributed by atoms with E-state index in [1.807, 2.05) is 31.2 Å². The Bertz CT molecular complexity index is 1010. The molecule has 0 aliphatic carbocycles. The Balaban J connectivity index is 1.46. The Morgan fingerprint density at radius 3 is 3.00 bits per heavy atom. The molecule has 4 rings (SSSR count). The minimum absolute atomic E-state index is 0.0544. The monoisotopic (exact) mass is 340 g/mol. The molecule has 130 valence electrons. The van der Waals surface area contributed by atoms with E-state index in [0.717, 1.165) is 28.1 Å². The Hall–Kier alpha value is -2.83. The summed E-state index contributed by atoms with van der Waals surface area (Å²) in [6.07, 6.45) is 1.33. The van der Waals surface area contributed by atoms with Crippen molar-refractivity contribution < 1.29 is 9.21 Å². The van der Waals surface area contributed by atoms with Gasteiger partial charge in [-0.05, 0) is 19.4 Å². The number of furan rings is 1. The first-order valence-electron chi connectivity index (χ1n) is 8.42. The smallest absolute Gasteiger partial charge is 0.345 e. The summed E-state index contributed by atoms with van der Waals surface area (Å²) >= 11 is 0. The number of carbonyl (C=O) groups excluding carboxylic acids is 1. The maximum atomic E-state index is 12.5. The Labute approximate surface area is 144 Å². The number of nitrogens with one attached hydrogen (secondary N) is 1. The summed E-state index contributed by atoms with van der Waals surface area (Å²) in [6, 6.07) is 7.83. The van der Waals surface area contributed by atoms with Gasteiger partial charge in [-0.25, -0.2) is 9.48 Å². The van der Waals surface area contributed by atoms with Crippen LogP contribution in [0.2, 0.25) is 0 Å². The molecule has 1 atom stereocenters. The lowest BCUT2D eigenvalue weighted by atomic mass is 9.98. The van der Waals surface area contributed by atoms with Crippen molar-refractivity contribution in [3.05, 3.63) is 51.9 Å². The van der Waals surface area contributed by atoms with Gasteiger partial charge in [-0.3, -0.25) is 9.36 Å². The minimum Gasteiger partial charge on any atom is -0.459 e. The van der Waals surface area contributed by atoms with Crippen molar-refractivity contribution >= 4 is 16.9 Å². The van der Waals surface area contributed by atoms with Gasteiger partial charge in [0.15, 0.2) is 0 Å². The lowest BCUT2D eigenvalue weighted by Crippen LogP contribution is -2.38. The second kappa shape index (κ2) is 5.91. The predicted molar refractivity (Wildman–Crippen MR) is 92.1 cm³/mol. The maximum absolute atomic E-state index is 12.5. The lowest BCUT2D eigenvalue weighted by molar-refractivity contribution is -0.126. The largest absolute Gasteiger partial charge is 0.459 e. The molecule has 1 amide bonds. The SMILES string of the molecule is Cc1c(CNC(=O)[C@@H]2CCc3nn(C)c(=O)n3C2)oc2ccccc12. The van der Waals surface area contributed by atoms with Crippen LogP contribution in [0.15, 0.2) is 33.5 Å². The average molecular weight is 340 g/mol. The number of aryl methyl sites for hydroxylation is 3. The van der Waals surface area contributed by atoms with Crippen LogP contribution in [0.1, 0.15) is 23.6 Å². The van der Waals surface area contributed by atoms with Crippen LogP contribution in [0.4, 0.5) is 0 Å². The number of nitrogens with zero attached hydrogens (tertiary/aromatic N) is 3. The van der Waals surface area contributed by atoms with E-state index < -0.39 is 0 Å². The zero-order chi connectivity index (χ0) is 17.6. The molecule has 1 aliphatic heterocycles. The molecular weight excluding hydrogens is 320 g/mol. The van der Waals surface area contributed by atoms with Gasteiger partial charge in [0.2, 0.25) is 5.91 Å². The molecule has 1 aliphatic rings. The van der Waals surface area contributed by atoms with Crippen molar-refractivity contribution in [1.29, 1.82) is 0 Å². The van der Waals surface area contributed by atoms with E-state index in [1.165, 1.54) is 4.68 Å². The summed E-state index contributed by atoms with van der Waals surface area (Å²) in [5.74, 6) is 1.25. The van der Waals surface area contributed by atoms with E-state index in [0.29, 0.717) is 25.9 Å². The summed E-state index contributed by atoms with van der Waals surface area (Å²) < 4.78 is 8.76. The van der Waals surface area contributed by atoms with Gasteiger partial charge in [-0.15, -0.1) is 0 Å². The Kier molecular flexibility index (Phi) is 3.71. The summed E-state index contributed by atoms with van der Waals surface area (Å²) in [4.78, 5) is 24.6. The molecule has 0 bridgehead atoms. The lowest BCUT2D eigenvalue weighted by Gasteiger charge is -2.21. The highest BCUT2D eigenvalue weighted by Crippen LogP contribution is 2.25. The molecule has 0 saturated heterocycles. The number of aromatic nitrogens is 3. The Morgan fingerprint density at radius 1 is 1.40 bits per heavy atom. The van der Waals surface area contributed by atoms with Crippen LogP contribution < -0.4 is 11.0 Å². The van der Waals surface area contributed by atoms with Gasteiger partial charge in [-0.2, -0.15) is 5.10 Å². The summed E-state index contributed by atoms with van der Waals surface area (Å²) in [5.41, 5.74) is 1.71. The van der Waals surface area contributed by atoms with E-state index in [4.69, 9.17) is 4.42 Å². The molecular formula is C18H20N4O3. The van der Waals surface area contributed by atoms with Crippen molar-refractivity contribution in [2.45, 2.75) is 32.9 Å². The predicted octanol–water partition coefficient (Wildman–Crippen LogP) is 1.52. The molecule has 0 fully saturated rings. The van der Waals surface area contributed by atoms with Gasteiger partial charge >= 0.3 is 5.69 Å². The third-order valence-corrected chi connectivity index (χ3v) is 4.94. The first kappa shape index (κ1) is 15.7. The zero-order valence-corrected chi connectivity index (χ0v) is 14.3. The molecule has 1 aromatic carbocycles. The Morgan fingerprint density at radius 2 is 2.20 bits per heavy atom. The molecule has 2 aromatic heterocycles. The van der Waals surface area contributed by atoms with Gasteiger partial charge in [0.1, 0.15) is 17.2 Å². The number of hydrogen-bond donors (Lipinski definition) is 1. The van der Waals surface area contributed by atoms with Crippen LogP contribution in [-0.4, -0.2) is 20.3 Å². The number of para-hydroxylation sites is 1. The number of hydrogen-bond acceptors (Lipinski definition) is 4. The van der Waals surface area contributed by atoms with Gasteiger partial charge in [0.25, 0.3) is 0 Å². The second-order valence-corrected chi connectivity index (χ2v) is 6.53. The van der Waals surface area contributed by atoms with Crippen LogP contribution in [0, 0.1) is 12.8 Å². The van der Waals surface area contributed by atoms with Gasteiger partial charge < -0.3 is 9.73 Å². The summed E-state index contributed by atoms with van der Waals surface area (Å²) in [7, 11) is 1.63. The zero-order valence-electron chi connectivity index (χ0n) is 14.3. The highest BCUT2D eigenvalue weighted by atomic mass is 16.3. The number of carbonyl (C=O) groups is 1. The highest BCUT2D eigenvalue weighted by molar-refractivity contribution is 5.82. The number of fused-ring (bicyclic) bond motifs is 2. The average Bonchev–Trinajstić information content (AvgIpc) is 3.10. The summed E-state index contributed by atoms with van der Waals surface area (Å²) in [5, 5.41) is 8.21. The van der Waals surface area contributed by atoms with Gasteiger partial charge in [0, 0.05) is 31.0 Å². The fraction of sp³-hybridized carbons (Fsp3) is 0.389. The van der Waals surface area contributed by atoms with Crippen molar-refractivity contribution in [3.63, 3.8) is 0 Å². The van der Waals surface area contributed by atoms with Crippen molar-refractivity contribution in [2.75, 3.05) is 0 Å². The number of rotatable bonds is 3. The standard InChI is InChI=1S/C18H20N4O3/c1-11-13-5-3-4-6-14(13)25-15(11)9-19-17(23)12-7-8-16-20-21(2)18(24)22(16)10-12/h3-6,12H,7-10H2,1-2H3,(H,19,23)/t12-/m1/s1. The van der Waals surface area contributed by atoms with Crippen LogP contribution in [0.25, 0.3) is 11.0 Å². The molecule has 3 heterocycles. The van der Waals surface area contributed by atoms with E-state index in [2.05, 4.69) is 10.4 Å². The third kappa shape index (κ3) is 2.65. The molecule has 25 heavy (non-hydrogen) atoms. The van der Waals surface area contributed by atoms with Crippen molar-refractivity contribution in [2.24, 2.45) is 13.0 Å². The van der Waals surface area contributed by atoms with Crippen molar-refractivity contribution in [1.82, 2.24) is 19.7 Å². The first-order valence-corrected chi connectivity index (χ1v) is 8.42. The maximum Gasteiger partial charge on any atom is 0.345 e. The quantitative estimate of drug-likeness (QED) is 0.784. The molecule has 1 N–H and O–H groups in total. The van der Waals surface area contributed by atoms with Crippen LogP contribution in [-0.2, 0) is 31.4 Å². The van der Waals surface area contributed by atoms with E-state index in [9.17, 15) is 9.59 Å². The molecule has 0 unspecified atom stereocenters. The second-order valence-electron chi connectivity index (χ2n) is 6.53. The molecule has 0 saturated carbocycles. The van der Waals surface area contributed by atoms with Crippen LogP contribution in [0.3, 0.4) is 0 Å². The number of benzene rings is 1. The van der Waals surface area contributed by atoms with E-state index >= 15 is 0 Å². The first-order chi connectivity index (χ1) is 12.0. The normalized spacial score (nSPS) is 16.8. The topological polar surface area (TPSA) is 82.1 Å². The van der Waals surface area contributed by atoms with Gasteiger partial charge in [-0.1, -0.05) is 18.2 Å². The molecule has 7 nitrogen and oxygen atoms in total. The summed E-state index contributed by atoms with van der Waals surface area (Å²) in [6.45, 7) is 2.73. The number of amides is 1. The molecule has 3 aromatic rings. The fourth-order valence-corrected chi connectivity index (χ4v) is 3.46. The minimum atomic E-state index is -0.223. The van der Waals surface area contributed by atoms with Crippen LogP contribution >= 0.6 is 0 Å². The molecule has 7 heteroatoms.